The fraction of sp³-hybridized carbons (Fsp3) is 0.136. The zero-order valence-corrected chi connectivity index (χ0v) is 17.1. The highest BCUT2D eigenvalue weighted by Gasteiger charge is 2.49. The van der Waals surface area contributed by atoms with E-state index in [4.69, 9.17) is 11.6 Å². The third kappa shape index (κ3) is 3.39. The van der Waals surface area contributed by atoms with Crippen LogP contribution in [0.5, 0.6) is 0 Å². The van der Waals surface area contributed by atoms with Gasteiger partial charge in [-0.3, -0.25) is 9.69 Å². The molecule has 0 aliphatic carbocycles. The number of nitriles is 1. The van der Waals surface area contributed by atoms with Crippen molar-refractivity contribution in [1.29, 1.82) is 5.26 Å². The van der Waals surface area contributed by atoms with Gasteiger partial charge in [0, 0.05) is 4.88 Å². The van der Waals surface area contributed by atoms with Crippen LogP contribution in [0.2, 0.25) is 4.34 Å². The van der Waals surface area contributed by atoms with E-state index in [1.165, 1.54) is 16.2 Å². The number of benzene rings is 2. The number of amides is 3. The molecule has 1 aliphatic rings. The van der Waals surface area contributed by atoms with Crippen LogP contribution in [0.25, 0.3) is 11.1 Å². The van der Waals surface area contributed by atoms with Crippen molar-refractivity contribution in [1.82, 2.24) is 10.2 Å². The first-order valence-electron chi connectivity index (χ1n) is 8.91. The lowest BCUT2D eigenvalue weighted by molar-refractivity contribution is -0.131. The molecule has 1 aromatic heterocycles. The number of carbonyl (C=O) groups excluding carboxylic acids is 2. The van der Waals surface area contributed by atoms with Crippen molar-refractivity contribution in [3.63, 3.8) is 0 Å². The first-order chi connectivity index (χ1) is 13.9. The van der Waals surface area contributed by atoms with Crippen LogP contribution >= 0.6 is 22.9 Å². The predicted octanol–water partition coefficient (Wildman–Crippen LogP) is 4.91. The van der Waals surface area contributed by atoms with E-state index >= 15 is 0 Å². The van der Waals surface area contributed by atoms with Gasteiger partial charge in [-0.05, 0) is 41.8 Å². The Labute approximate surface area is 177 Å². The predicted molar refractivity (Wildman–Crippen MR) is 112 cm³/mol. The van der Waals surface area contributed by atoms with E-state index in [2.05, 4.69) is 11.4 Å². The third-order valence-corrected chi connectivity index (χ3v) is 6.45. The first kappa shape index (κ1) is 19.2. The van der Waals surface area contributed by atoms with Crippen LogP contribution < -0.4 is 5.32 Å². The van der Waals surface area contributed by atoms with E-state index < -0.39 is 11.6 Å². The molecule has 1 N–H and O–H groups in total. The Morgan fingerprint density at radius 3 is 2.48 bits per heavy atom. The summed E-state index contributed by atoms with van der Waals surface area (Å²) in [5.74, 6) is -0.306. The summed E-state index contributed by atoms with van der Waals surface area (Å²) in [5.41, 5.74) is 2.06. The van der Waals surface area contributed by atoms with Gasteiger partial charge in [-0.25, -0.2) is 4.79 Å². The smallest absolute Gasteiger partial charge is 0.319 e. The Balaban J connectivity index is 1.56. The van der Waals surface area contributed by atoms with Crippen LogP contribution in [0.3, 0.4) is 0 Å². The number of halogens is 1. The lowest BCUT2D eigenvalue weighted by Crippen LogP contribution is -2.40. The highest BCUT2D eigenvalue weighted by Crippen LogP contribution is 2.36. The van der Waals surface area contributed by atoms with Crippen LogP contribution in [0, 0.1) is 11.3 Å². The van der Waals surface area contributed by atoms with E-state index in [9.17, 15) is 14.9 Å². The number of hydrogen-bond donors (Lipinski definition) is 1. The van der Waals surface area contributed by atoms with Gasteiger partial charge >= 0.3 is 6.03 Å². The molecule has 0 unspecified atom stereocenters. The average molecular weight is 422 g/mol. The largest absolute Gasteiger partial charge is 0.325 e. The quantitative estimate of drug-likeness (QED) is 0.608. The average Bonchev–Trinajstić information content (AvgIpc) is 3.26. The lowest BCUT2D eigenvalue weighted by atomic mass is 9.99. The van der Waals surface area contributed by atoms with Gasteiger partial charge in [0.25, 0.3) is 5.91 Å². The molecule has 1 fully saturated rings. The SMILES string of the molecule is C[C@]1(c2ccc(Cl)s2)NC(=O)N(Cc2ccc(-c3ccccc3C#N)cc2)C1=O. The van der Waals surface area contributed by atoms with Crippen molar-refractivity contribution in [3.8, 4) is 17.2 Å². The number of rotatable bonds is 4. The first-order valence-corrected chi connectivity index (χ1v) is 10.1. The van der Waals surface area contributed by atoms with Gasteiger partial charge in [0.1, 0.15) is 0 Å². The summed E-state index contributed by atoms with van der Waals surface area (Å²) < 4.78 is 0.565. The molecule has 7 heteroatoms. The summed E-state index contributed by atoms with van der Waals surface area (Å²) in [4.78, 5) is 27.4. The monoisotopic (exact) mass is 421 g/mol. The third-order valence-electron chi connectivity index (χ3n) is 4.99. The minimum Gasteiger partial charge on any atom is -0.319 e. The molecule has 0 radical (unpaired) electrons. The molecule has 2 aromatic carbocycles. The molecular weight excluding hydrogens is 406 g/mol. The molecule has 144 valence electrons. The molecule has 1 saturated heterocycles. The Morgan fingerprint density at radius 1 is 1.10 bits per heavy atom. The van der Waals surface area contributed by atoms with E-state index in [0.717, 1.165) is 16.7 Å². The molecule has 1 atom stereocenters. The topological polar surface area (TPSA) is 73.2 Å². The summed E-state index contributed by atoms with van der Waals surface area (Å²) in [6, 6.07) is 20.1. The second-order valence-corrected chi connectivity index (χ2v) is 8.62. The summed E-state index contributed by atoms with van der Waals surface area (Å²) in [6.45, 7) is 1.86. The fourth-order valence-corrected chi connectivity index (χ4v) is 4.53. The van der Waals surface area contributed by atoms with Crippen molar-refractivity contribution in [2.75, 3.05) is 0 Å². The zero-order valence-electron chi connectivity index (χ0n) is 15.5. The molecule has 4 rings (SSSR count). The van der Waals surface area contributed by atoms with E-state index in [-0.39, 0.29) is 12.5 Å². The highest BCUT2D eigenvalue weighted by molar-refractivity contribution is 7.16. The van der Waals surface area contributed by atoms with Gasteiger partial charge in [0.2, 0.25) is 0 Å². The maximum Gasteiger partial charge on any atom is 0.325 e. The summed E-state index contributed by atoms with van der Waals surface area (Å²) in [6.07, 6.45) is 0. The number of carbonyl (C=O) groups is 2. The molecule has 1 aliphatic heterocycles. The number of nitrogens with zero attached hydrogens (tertiary/aromatic N) is 2. The standard InChI is InChI=1S/C22H16ClN3O2S/c1-22(18-10-11-19(23)29-18)20(27)26(21(28)25-22)13-14-6-8-15(9-7-14)17-5-3-2-4-16(17)12-24/h2-11H,13H2,1H3,(H,25,28)/t22-/m1/s1. The highest BCUT2D eigenvalue weighted by atomic mass is 35.5. The van der Waals surface area contributed by atoms with Crippen LogP contribution in [0.15, 0.2) is 60.7 Å². The molecule has 0 bridgehead atoms. The number of nitrogens with one attached hydrogen (secondary N) is 1. The number of thiophene rings is 1. The Hall–Kier alpha value is -3.14. The van der Waals surface area contributed by atoms with Crippen LogP contribution in [-0.4, -0.2) is 16.8 Å². The van der Waals surface area contributed by atoms with Crippen molar-refractivity contribution in [3.05, 3.63) is 81.0 Å². The maximum atomic E-state index is 13.0. The normalized spacial score (nSPS) is 18.6. The zero-order chi connectivity index (χ0) is 20.6. The Kier molecular flexibility index (Phi) is 4.87. The minimum absolute atomic E-state index is 0.166. The van der Waals surface area contributed by atoms with Crippen LogP contribution in [0.1, 0.15) is 22.9 Å². The van der Waals surface area contributed by atoms with Gasteiger partial charge in [0.15, 0.2) is 5.54 Å². The molecule has 0 saturated carbocycles. The Bertz CT molecular complexity index is 1150. The van der Waals surface area contributed by atoms with Crippen molar-refractivity contribution >= 4 is 34.9 Å². The molecular formula is C22H16ClN3O2S. The molecule has 3 aromatic rings. The van der Waals surface area contributed by atoms with Gasteiger partial charge < -0.3 is 5.32 Å². The second kappa shape index (κ2) is 7.36. The Morgan fingerprint density at radius 2 is 1.83 bits per heavy atom. The summed E-state index contributed by atoms with van der Waals surface area (Å²) >= 11 is 7.28. The van der Waals surface area contributed by atoms with Gasteiger partial charge in [-0.1, -0.05) is 54.1 Å². The van der Waals surface area contributed by atoms with E-state index in [0.29, 0.717) is 14.8 Å². The number of imide groups is 1. The molecule has 0 spiro atoms. The van der Waals surface area contributed by atoms with Crippen LogP contribution in [0.4, 0.5) is 4.79 Å². The van der Waals surface area contributed by atoms with Gasteiger partial charge in [0.05, 0.1) is 22.5 Å². The van der Waals surface area contributed by atoms with Crippen molar-refractivity contribution in [2.45, 2.75) is 19.0 Å². The summed E-state index contributed by atoms with van der Waals surface area (Å²) in [5, 5.41) is 12.1. The number of hydrogen-bond acceptors (Lipinski definition) is 4. The summed E-state index contributed by atoms with van der Waals surface area (Å²) in [7, 11) is 0. The fourth-order valence-electron chi connectivity index (χ4n) is 3.40. The van der Waals surface area contributed by atoms with Crippen molar-refractivity contribution in [2.24, 2.45) is 0 Å². The van der Waals surface area contributed by atoms with Gasteiger partial charge in [-0.2, -0.15) is 5.26 Å². The maximum absolute atomic E-state index is 13.0. The molecule has 2 heterocycles. The molecule has 5 nitrogen and oxygen atoms in total. The lowest BCUT2D eigenvalue weighted by Gasteiger charge is -2.20. The second-order valence-electron chi connectivity index (χ2n) is 6.90. The van der Waals surface area contributed by atoms with Gasteiger partial charge in [-0.15, -0.1) is 11.3 Å². The van der Waals surface area contributed by atoms with E-state index in [1.54, 1.807) is 25.1 Å². The number of urea groups is 1. The van der Waals surface area contributed by atoms with Crippen LogP contribution in [-0.2, 0) is 16.9 Å². The molecule has 29 heavy (non-hydrogen) atoms. The van der Waals surface area contributed by atoms with Crippen molar-refractivity contribution < 1.29 is 9.59 Å². The minimum atomic E-state index is -1.11. The molecule has 3 amide bonds. The van der Waals surface area contributed by atoms with E-state index in [1.807, 2.05) is 42.5 Å².